The van der Waals surface area contributed by atoms with Gasteiger partial charge in [-0.25, -0.2) is 4.39 Å². The number of phenols is 1. The molecule has 1 aromatic rings. The van der Waals surface area contributed by atoms with Gasteiger partial charge >= 0.3 is 0 Å². The van der Waals surface area contributed by atoms with E-state index >= 15 is 0 Å². The highest BCUT2D eigenvalue weighted by atomic mass is 19.1. The minimum atomic E-state index is -0.401. The predicted molar refractivity (Wildman–Crippen MR) is 83.9 cm³/mol. The maximum Gasteiger partial charge on any atom is 0.126 e. The van der Waals surface area contributed by atoms with Crippen molar-refractivity contribution < 1.29 is 9.50 Å². The molecule has 2 rings (SSSR count). The average molecular weight is 294 g/mol. The van der Waals surface area contributed by atoms with E-state index in [0.29, 0.717) is 5.92 Å². The Hall–Kier alpha value is -1.13. The van der Waals surface area contributed by atoms with Gasteiger partial charge in [-0.2, -0.15) is 0 Å². The number of halogens is 1. The minimum Gasteiger partial charge on any atom is -0.508 e. The van der Waals surface area contributed by atoms with Crippen LogP contribution >= 0.6 is 0 Å². The summed E-state index contributed by atoms with van der Waals surface area (Å²) in [5, 5.41) is 13.2. The van der Waals surface area contributed by atoms with Gasteiger partial charge in [0.2, 0.25) is 0 Å². The number of nitrogens with zero attached hydrogens (tertiary/aromatic N) is 1. The Bertz CT molecular complexity index is 446. The topological polar surface area (TPSA) is 35.5 Å². The fourth-order valence-electron chi connectivity index (χ4n) is 3.02. The van der Waals surface area contributed by atoms with Gasteiger partial charge < -0.3 is 15.3 Å². The molecule has 4 heteroatoms. The van der Waals surface area contributed by atoms with Gasteiger partial charge in [0.15, 0.2) is 0 Å². The molecule has 2 atom stereocenters. The molecule has 0 amide bonds. The van der Waals surface area contributed by atoms with E-state index in [9.17, 15) is 9.50 Å². The molecular formula is C17H27FN2O. The van der Waals surface area contributed by atoms with Crippen molar-refractivity contribution in [2.75, 3.05) is 26.2 Å². The van der Waals surface area contributed by atoms with E-state index in [-0.39, 0.29) is 11.8 Å². The van der Waals surface area contributed by atoms with Crippen LogP contribution in [0, 0.1) is 11.7 Å². The number of hydrogen-bond acceptors (Lipinski definition) is 3. The van der Waals surface area contributed by atoms with Crippen molar-refractivity contribution in [1.29, 1.82) is 0 Å². The minimum absolute atomic E-state index is 0.0226. The SMILES string of the molecule is CC(CNC(C)c1ccc(F)cc1O)CN1CCCCC1. The molecule has 118 valence electrons. The highest BCUT2D eigenvalue weighted by Crippen LogP contribution is 2.24. The van der Waals surface area contributed by atoms with Gasteiger partial charge in [-0.3, -0.25) is 0 Å². The second kappa shape index (κ2) is 7.76. The lowest BCUT2D eigenvalue weighted by atomic mass is 10.0. The van der Waals surface area contributed by atoms with E-state index in [2.05, 4.69) is 17.1 Å². The van der Waals surface area contributed by atoms with Crippen molar-refractivity contribution >= 4 is 0 Å². The van der Waals surface area contributed by atoms with Crippen LogP contribution in [0.1, 0.15) is 44.7 Å². The largest absolute Gasteiger partial charge is 0.508 e. The van der Waals surface area contributed by atoms with Gasteiger partial charge in [0, 0.05) is 24.2 Å². The molecule has 0 bridgehead atoms. The molecule has 1 fully saturated rings. The molecule has 0 aliphatic carbocycles. The highest BCUT2D eigenvalue weighted by Gasteiger charge is 2.15. The first-order valence-electron chi connectivity index (χ1n) is 8.00. The van der Waals surface area contributed by atoms with Crippen LogP contribution < -0.4 is 5.32 Å². The lowest BCUT2D eigenvalue weighted by Gasteiger charge is -2.29. The van der Waals surface area contributed by atoms with Crippen LogP contribution in [0.2, 0.25) is 0 Å². The van der Waals surface area contributed by atoms with Crippen LogP contribution in [0.15, 0.2) is 18.2 Å². The summed E-state index contributed by atoms with van der Waals surface area (Å²) < 4.78 is 13.0. The lowest BCUT2D eigenvalue weighted by Crippen LogP contribution is -2.37. The van der Waals surface area contributed by atoms with Gasteiger partial charge in [0.25, 0.3) is 0 Å². The summed E-state index contributed by atoms with van der Waals surface area (Å²) in [6.07, 6.45) is 4.00. The normalized spacial score (nSPS) is 19.4. The van der Waals surface area contributed by atoms with Crippen molar-refractivity contribution in [1.82, 2.24) is 10.2 Å². The number of hydrogen-bond donors (Lipinski definition) is 2. The molecule has 0 saturated carbocycles. The predicted octanol–water partition coefficient (Wildman–Crippen LogP) is 3.30. The number of aromatic hydroxyl groups is 1. The molecule has 1 heterocycles. The molecule has 21 heavy (non-hydrogen) atoms. The zero-order chi connectivity index (χ0) is 15.2. The molecule has 0 spiro atoms. The molecule has 1 aromatic carbocycles. The first-order valence-corrected chi connectivity index (χ1v) is 8.00. The Morgan fingerprint density at radius 2 is 1.95 bits per heavy atom. The Labute approximate surface area is 127 Å². The van der Waals surface area contributed by atoms with Crippen LogP contribution in [0.25, 0.3) is 0 Å². The average Bonchev–Trinajstić information content (AvgIpc) is 2.46. The summed E-state index contributed by atoms with van der Waals surface area (Å²) in [7, 11) is 0. The standard InChI is InChI=1S/C17H27FN2O/c1-13(12-20-8-4-3-5-9-20)11-19-14(2)16-7-6-15(18)10-17(16)21/h6-7,10,13-14,19,21H,3-5,8-9,11-12H2,1-2H3. The van der Waals surface area contributed by atoms with Crippen LogP contribution in [0.4, 0.5) is 4.39 Å². The fraction of sp³-hybridized carbons (Fsp3) is 0.647. The maximum atomic E-state index is 13.0. The van der Waals surface area contributed by atoms with Gasteiger partial charge in [-0.15, -0.1) is 0 Å². The van der Waals surface area contributed by atoms with E-state index in [1.165, 1.54) is 44.5 Å². The third-order valence-electron chi connectivity index (χ3n) is 4.25. The van der Waals surface area contributed by atoms with E-state index in [0.717, 1.165) is 18.7 Å². The summed E-state index contributed by atoms with van der Waals surface area (Å²) in [4.78, 5) is 2.54. The second-order valence-electron chi connectivity index (χ2n) is 6.30. The Morgan fingerprint density at radius 3 is 2.62 bits per heavy atom. The Morgan fingerprint density at radius 1 is 1.24 bits per heavy atom. The second-order valence-corrected chi connectivity index (χ2v) is 6.30. The van der Waals surface area contributed by atoms with Crippen molar-refractivity contribution in [3.63, 3.8) is 0 Å². The first kappa shape index (κ1) is 16.2. The third-order valence-corrected chi connectivity index (χ3v) is 4.25. The molecule has 1 aliphatic heterocycles. The summed E-state index contributed by atoms with van der Waals surface area (Å²) in [6, 6.07) is 4.24. The van der Waals surface area contributed by atoms with Gasteiger partial charge in [0.1, 0.15) is 11.6 Å². The summed E-state index contributed by atoms with van der Waals surface area (Å²) in [6.45, 7) is 8.71. The lowest BCUT2D eigenvalue weighted by molar-refractivity contribution is 0.197. The van der Waals surface area contributed by atoms with E-state index < -0.39 is 5.82 Å². The van der Waals surface area contributed by atoms with E-state index in [1.807, 2.05) is 6.92 Å². The molecule has 0 radical (unpaired) electrons. The first-order chi connectivity index (χ1) is 10.1. The van der Waals surface area contributed by atoms with Crippen molar-refractivity contribution in [3.05, 3.63) is 29.6 Å². The zero-order valence-corrected chi connectivity index (χ0v) is 13.1. The smallest absolute Gasteiger partial charge is 0.126 e. The van der Waals surface area contributed by atoms with Crippen LogP contribution in [-0.4, -0.2) is 36.2 Å². The van der Waals surface area contributed by atoms with Crippen molar-refractivity contribution in [2.45, 2.75) is 39.2 Å². The van der Waals surface area contributed by atoms with Gasteiger partial charge in [-0.05, 0) is 51.4 Å². The van der Waals surface area contributed by atoms with Crippen molar-refractivity contribution in [3.8, 4) is 5.75 Å². The van der Waals surface area contributed by atoms with Gasteiger partial charge in [0.05, 0.1) is 0 Å². The Kier molecular flexibility index (Phi) is 6.00. The number of likely N-dealkylation sites (tertiary alicyclic amines) is 1. The summed E-state index contributed by atoms with van der Waals surface area (Å²) >= 11 is 0. The molecule has 3 nitrogen and oxygen atoms in total. The number of rotatable bonds is 6. The fourth-order valence-corrected chi connectivity index (χ4v) is 3.02. The van der Waals surface area contributed by atoms with Crippen LogP contribution in [-0.2, 0) is 0 Å². The van der Waals surface area contributed by atoms with E-state index in [1.54, 1.807) is 6.07 Å². The number of phenolic OH excluding ortho intramolecular Hbond substituents is 1. The maximum absolute atomic E-state index is 13.0. The molecule has 1 aliphatic rings. The van der Waals surface area contributed by atoms with Crippen molar-refractivity contribution in [2.24, 2.45) is 5.92 Å². The zero-order valence-electron chi connectivity index (χ0n) is 13.1. The molecule has 2 N–H and O–H groups in total. The molecular weight excluding hydrogens is 267 g/mol. The summed E-state index contributed by atoms with van der Waals surface area (Å²) in [5.41, 5.74) is 0.751. The molecule has 2 unspecified atom stereocenters. The number of benzene rings is 1. The molecule has 1 saturated heterocycles. The highest BCUT2D eigenvalue weighted by molar-refractivity contribution is 5.34. The quantitative estimate of drug-likeness (QED) is 0.845. The number of nitrogens with one attached hydrogen (secondary N) is 1. The Balaban J connectivity index is 1.78. The van der Waals surface area contributed by atoms with Crippen LogP contribution in [0.5, 0.6) is 5.75 Å². The molecule has 0 aromatic heterocycles. The third kappa shape index (κ3) is 4.97. The van der Waals surface area contributed by atoms with E-state index in [4.69, 9.17) is 0 Å². The number of piperidine rings is 1. The summed E-state index contributed by atoms with van der Waals surface area (Å²) in [5.74, 6) is 0.189. The van der Waals surface area contributed by atoms with Gasteiger partial charge in [-0.1, -0.05) is 19.4 Å². The van der Waals surface area contributed by atoms with Crippen LogP contribution in [0.3, 0.4) is 0 Å². The monoisotopic (exact) mass is 294 g/mol.